The number of nitrogens with one attached hydrogen (secondary N) is 1. The van der Waals surface area contributed by atoms with Gasteiger partial charge >= 0.3 is 0 Å². The molecule has 4 heteroatoms. The normalized spacial score (nSPS) is 23.6. The van der Waals surface area contributed by atoms with Crippen LogP contribution in [0.1, 0.15) is 13.3 Å². The van der Waals surface area contributed by atoms with Crippen LogP contribution in [0.3, 0.4) is 0 Å². The van der Waals surface area contributed by atoms with E-state index in [1.807, 2.05) is 0 Å². The maximum Gasteiger partial charge on any atom is 0.116 e. The summed E-state index contributed by atoms with van der Waals surface area (Å²) in [5.74, 6) is 0. The number of anilines is 1. The van der Waals surface area contributed by atoms with Crippen molar-refractivity contribution in [3.63, 3.8) is 0 Å². The van der Waals surface area contributed by atoms with Gasteiger partial charge < -0.3 is 10.2 Å². The Morgan fingerprint density at radius 3 is 3.21 bits per heavy atom. The highest BCUT2D eigenvalue weighted by Gasteiger charge is 2.16. The fourth-order valence-electron chi connectivity index (χ4n) is 1.84. The van der Waals surface area contributed by atoms with Gasteiger partial charge in [-0.05, 0) is 31.3 Å². The molecule has 14 heavy (non-hydrogen) atoms. The minimum atomic E-state index is 0.550. The number of hydrogen-bond acceptors (Lipinski definition) is 3. The Morgan fingerprint density at radius 1 is 1.64 bits per heavy atom. The van der Waals surface area contributed by atoms with Crippen molar-refractivity contribution in [1.29, 1.82) is 0 Å². The molecule has 1 aromatic heterocycles. The first-order valence-electron chi connectivity index (χ1n) is 4.98. The molecule has 1 aromatic rings. The second-order valence-electron chi connectivity index (χ2n) is 3.73. The van der Waals surface area contributed by atoms with Gasteiger partial charge in [0.1, 0.15) is 4.34 Å². The summed E-state index contributed by atoms with van der Waals surface area (Å²) in [7, 11) is 0. The van der Waals surface area contributed by atoms with Gasteiger partial charge in [-0.15, -0.1) is 11.3 Å². The summed E-state index contributed by atoms with van der Waals surface area (Å²) in [6.07, 6.45) is 1.19. The molecule has 0 bridgehead atoms. The van der Waals surface area contributed by atoms with E-state index >= 15 is 0 Å². The van der Waals surface area contributed by atoms with Crippen molar-refractivity contribution in [1.82, 2.24) is 5.32 Å². The summed E-state index contributed by atoms with van der Waals surface area (Å²) in [6.45, 7) is 5.49. The van der Waals surface area contributed by atoms with Gasteiger partial charge in [0.25, 0.3) is 0 Å². The first-order chi connectivity index (χ1) is 6.77. The Bertz CT molecular complexity index is 300. The lowest BCUT2D eigenvalue weighted by Gasteiger charge is -2.23. The van der Waals surface area contributed by atoms with Gasteiger partial charge in [-0.2, -0.15) is 0 Å². The topological polar surface area (TPSA) is 15.3 Å². The fraction of sp³-hybridized carbons (Fsp3) is 0.600. The second-order valence-corrected chi connectivity index (χ2v) is 5.25. The number of hydrogen-bond donors (Lipinski definition) is 1. The van der Waals surface area contributed by atoms with Crippen LogP contribution < -0.4 is 10.2 Å². The van der Waals surface area contributed by atoms with Crippen LogP contribution >= 0.6 is 22.9 Å². The molecule has 2 nitrogen and oxygen atoms in total. The molecular weight excluding hydrogens is 216 g/mol. The third kappa shape index (κ3) is 2.22. The van der Waals surface area contributed by atoms with E-state index in [2.05, 4.69) is 28.6 Å². The zero-order valence-electron chi connectivity index (χ0n) is 8.29. The molecule has 1 atom stereocenters. The highest BCUT2D eigenvalue weighted by molar-refractivity contribution is 7.15. The third-order valence-corrected chi connectivity index (χ3v) is 3.68. The minimum absolute atomic E-state index is 0.550. The fourth-order valence-corrected chi connectivity index (χ4v) is 2.81. The summed E-state index contributed by atoms with van der Waals surface area (Å²) in [6, 6.07) is 2.67. The number of halogens is 1. The molecule has 1 N–H and O–H groups in total. The monoisotopic (exact) mass is 230 g/mol. The lowest BCUT2D eigenvalue weighted by molar-refractivity contribution is 0.585. The number of rotatable bonds is 1. The Labute approximate surface area is 93.9 Å². The van der Waals surface area contributed by atoms with Crippen LogP contribution in [0.15, 0.2) is 11.4 Å². The Morgan fingerprint density at radius 2 is 2.50 bits per heavy atom. The molecule has 0 spiro atoms. The van der Waals surface area contributed by atoms with Crippen molar-refractivity contribution in [3.8, 4) is 0 Å². The van der Waals surface area contributed by atoms with Crippen molar-refractivity contribution < 1.29 is 0 Å². The van der Waals surface area contributed by atoms with E-state index in [0.717, 1.165) is 24.0 Å². The van der Waals surface area contributed by atoms with E-state index in [9.17, 15) is 0 Å². The first kappa shape index (κ1) is 10.3. The Balaban J connectivity index is 2.13. The van der Waals surface area contributed by atoms with Crippen molar-refractivity contribution in [2.24, 2.45) is 0 Å². The largest absolute Gasteiger partial charge is 0.368 e. The van der Waals surface area contributed by atoms with E-state index in [1.54, 1.807) is 11.3 Å². The van der Waals surface area contributed by atoms with Crippen LogP contribution in [0.5, 0.6) is 0 Å². The van der Waals surface area contributed by atoms with Gasteiger partial charge in [0.2, 0.25) is 0 Å². The molecule has 0 aromatic carbocycles. The van der Waals surface area contributed by atoms with Gasteiger partial charge in [0.05, 0.1) is 5.69 Å². The van der Waals surface area contributed by atoms with Crippen molar-refractivity contribution in [3.05, 3.63) is 15.8 Å². The van der Waals surface area contributed by atoms with E-state index in [4.69, 9.17) is 11.6 Å². The van der Waals surface area contributed by atoms with Gasteiger partial charge in [0, 0.05) is 19.1 Å². The van der Waals surface area contributed by atoms with Crippen molar-refractivity contribution in [2.45, 2.75) is 19.4 Å². The Kier molecular flexibility index (Phi) is 3.31. The summed E-state index contributed by atoms with van der Waals surface area (Å²) in [5.41, 5.74) is 1.20. The van der Waals surface area contributed by atoms with Crippen LogP contribution in [0.4, 0.5) is 5.69 Å². The molecule has 78 valence electrons. The van der Waals surface area contributed by atoms with Gasteiger partial charge in [0.15, 0.2) is 0 Å². The molecule has 1 aliphatic rings. The average molecular weight is 231 g/mol. The van der Waals surface area contributed by atoms with E-state index in [1.165, 1.54) is 12.1 Å². The third-order valence-electron chi connectivity index (χ3n) is 2.53. The quantitative estimate of drug-likeness (QED) is 0.798. The summed E-state index contributed by atoms with van der Waals surface area (Å²) < 4.78 is 0.916. The standard InChI is InChI=1S/C10H15ClN2S/c1-8-7-13(5-2-4-12-8)9-3-6-14-10(9)11/h3,6,8,12H,2,4-5,7H2,1H3. The summed E-state index contributed by atoms with van der Waals surface area (Å²) >= 11 is 7.74. The van der Waals surface area contributed by atoms with Crippen LogP contribution in [0.25, 0.3) is 0 Å². The lowest BCUT2D eigenvalue weighted by Crippen LogP contribution is -2.35. The predicted molar refractivity (Wildman–Crippen MR) is 63.6 cm³/mol. The molecule has 2 heterocycles. The smallest absolute Gasteiger partial charge is 0.116 e. The van der Waals surface area contributed by atoms with Crippen molar-refractivity contribution >= 4 is 28.6 Å². The molecule has 1 fully saturated rings. The molecule has 0 saturated carbocycles. The molecule has 0 aliphatic carbocycles. The van der Waals surface area contributed by atoms with E-state index in [-0.39, 0.29) is 0 Å². The summed E-state index contributed by atoms with van der Waals surface area (Å²) in [5, 5.41) is 5.53. The number of nitrogens with zero attached hydrogens (tertiary/aromatic N) is 1. The van der Waals surface area contributed by atoms with Crippen LogP contribution in [-0.2, 0) is 0 Å². The molecule has 1 saturated heterocycles. The predicted octanol–water partition coefficient (Wildman–Crippen LogP) is 2.59. The Hall–Kier alpha value is -0.250. The van der Waals surface area contributed by atoms with Gasteiger partial charge in [-0.3, -0.25) is 0 Å². The van der Waals surface area contributed by atoms with Crippen LogP contribution in [0.2, 0.25) is 4.34 Å². The molecule has 2 rings (SSSR count). The summed E-state index contributed by atoms with van der Waals surface area (Å²) in [4.78, 5) is 2.38. The van der Waals surface area contributed by atoms with E-state index < -0.39 is 0 Å². The zero-order valence-corrected chi connectivity index (χ0v) is 9.87. The first-order valence-corrected chi connectivity index (χ1v) is 6.24. The SMILES string of the molecule is CC1CN(c2ccsc2Cl)CCCN1. The van der Waals surface area contributed by atoms with Crippen LogP contribution in [-0.4, -0.2) is 25.7 Å². The van der Waals surface area contributed by atoms with Crippen molar-refractivity contribution in [2.75, 3.05) is 24.5 Å². The maximum atomic E-state index is 6.13. The molecular formula is C10H15ClN2S. The maximum absolute atomic E-state index is 6.13. The van der Waals surface area contributed by atoms with Gasteiger partial charge in [-0.1, -0.05) is 11.6 Å². The number of thiophene rings is 1. The second kappa shape index (κ2) is 4.51. The van der Waals surface area contributed by atoms with Crippen LogP contribution in [0, 0.1) is 0 Å². The molecule has 0 radical (unpaired) electrons. The molecule has 1 aliphatic heterocycles. The highest BCUT2D eigenvalue weighted by atomic mass is 35.5. The molecule has 0 amide bonds. The molecule has 1 unspecified atom stereocenters. The zero-order chi connectivity index (χ0) is 9.97. The van der Waals surface area contributed by atoms with Gasteiger partial charge in [-0.25, -0.2) is 0 Å². The average Bonchev–Trinajstić information content (AvgIpc) is 2.45. The lowest BCUT2D eigenvalue weighted by atomic mass is 10.3. The minimum Gasteiger partial charge on any atom is -0.368 e. The highest BCUT2D eigenvalue weighted by Crippen LogP contribution is 2.31. The van der Waals surface area contributed by atoms with E-state index in [0.29, 0.717) is 6.04 Å².